The van der Waals surface area contributed by atoms with Crippen LogP contribution >= 0.6 is 0 Å². The Labute approximate surface area is 212 Å². The fourth-order valence-corrected chi connectivity index (χ4v) is 4.27. The van der Waals surface area contributed by atoms with Gasteiger partial charge in [-0.1, -0.05) is 24.3 Å². The van der Waals surface area contributed by atoms with Gasteiger partial charge in [0.25, 0.3) is 0 Å². The topological polar surface area (TPSA) is 96.8 Å². The second-order valence-electron chi connectivity index (χ2n) is 9.54. The molecule has 0 saturated carbocycles. The standard InChI is InChI=1S/C28H34N4O4/c1-4-35-23-9-5-6-10-24(23)36-19-20-8-7-15-32(18-20)26-17-29-16-25(31-26)30-22-13-11-21(12-14-22)28(2,3)27(33)34/h5-6,9-14,16-17,20H,4,7-8,15,18-19H2,1-3H3,(H,30,31)(H,33,34)/t20-/m1/s1. The van der Waals surface area contributed by atoms with Gasteiger partial charge in [0.05, 0.1) is 31.0 Å². The van der Waals surface area contributed by atoms with Gasteiger partial charge in [0.1, 0.15) is 5.82 Å². The molecule has 1 aliphatic rings. The minimum absolute atomic E-state index is 0.372. The Morgan fingerprint density at radius 2 is 1.83 bits per heavy atom. The molecule has 1 fully saturated rings. The number of carboxylic acids is 1. The number of carboxylic acid groups (broad SMARTS) is 1. The number of rotatable bonds is 10. The van der Waals surface area contributed by atoms with Crippen LogP contribution < -0.4 is 19.7 Å². The molecule has 8 nitrogen and oxygen atoms in total. The fraction of sp³-hybridized carbons (Fsp3) is 0.393. The number of nitrogens with zero attached hydrogens (tertiary/aromatic N) is 3. The molecule has 0 unspecified atom stereocenters. The third kappa shape index (κ3) is 6.05. The van der Waals surface area contributed by atoms with Crippen LogP contribution in [0.25, 0.3) is 0 Å². The first-order valence-corrected chi connectivity index (χ1v) is 12.4. The molecule has 0 bridgehead atoms. The lowest BCUT2D eigenvalue weighted by Gasteiger charge is -2.33. The van der Waals surface area contributed by atoms with Crippen LogP contribution in [0.3, 0.4) is 0 Å². The van der Waals surface area contributed by atoms with E-state index in [9.17, 15) is 9.90 Å². The first-order chi connectivity index (χ1) is 17.4. The van der Waals surface area contributed by atoms with Crippen LogP contribution in [0.5, 0.6) is 11.5 Å². The van der Waals surface area contributed by atoms with Crippen molar-refractivity contribution >= 4 is 23.3 Å². The first-order valence-electron chi connectivity index (χ1n) is 12.4. The molecule has 8 heteroatoms. The van der Waals surface area contributed by atoms with E-state index in [1.807, 2.05) is 55.5 Å². The average molecular weight is 491 g/mol. The number of aromatic nitrogens is 2. The Bertz CT molecular complexity index is 1170. The van der Waals surface area contributed by atoms with Crippen LogP contribution in [0.1, 0.15) is 39.2 Å². The Morgan fingerprint density at radius 3 is 2.53 bits per heavy atom. The highest BCUT2D eigenvalue weighted by molar-refractivity contribution is 5.80. The van der Waals surface area contributed by atoms with Crippen LogP contribution in [-0.4, -0.2) is 47.3 Å². The van der Waals surface area contributed by atoms with Gasteiger partial charge in [0, 0.05) is 24.7 Å². The normalized spacial score (nSPS) is 15.9. The number of carbonyl (C=O) groups is 1. The summed E-state index contributed by atoms with van der Waals surface area (Å²) in [5.74, 6) is 2.53. The van der Waals surface area contributed by atoms with Gasteiger partial charge in [-0.15, -0.1) is 0 Å². The van der Waals surface area contributed by atoms with Crippen LogP contribution in [0.15, 0.2) is 60.9 Å². The first kappa shape index (κ1) is 25.3. The van der Waals surface area contributed by atoms with Crippen LogP contribution in [-0.2, 0) is 10.2 Å². The molecule has 1 aliphatic heterocycles. The Morgan fingerprint density at radius 1 is 1.11 bits per heavy atom. The predicted octanol–water partition coefficient (Wildman–Crippen LogP) is 5.28. The molecule has 0 aliphatic carbocycles. The maximum Gasteiger partial charge on any atom is 0.313 e. The smallest absolute Gasteiger partial charge is 0.313 e. The minimum Gasteiger partial charge on any atom is -0.490 e. The van der Waals surface area contributed by atoms with Gasteiger partial charge >= 0.3 is 5.97 Å². The highest BCUT2D eigenvalue weighted by Crippen LogP contribution is 2.29. The van der Waals surface area contributed by atoms with E-state index in [1.54, 1.807) is 26.2 Å². The van der Waals surface area contributed by atoms with Gasteiger partial charge in [-0.05, 0) is 63.4 Å². The van der Waals surface area contributed by atoms with E-state index in [-0.39, 0.29) is 0 Å². The number of piperidine rings is 1. The number of ether oxygens (including phenoxy) is 2. The molecule has 1 atom stereocenters. The van der Waals surface area contributed by atoms with E-state index in [4.69, 9.17) is 14.5 Å². The number of aliphatic carboxylic acids is 1. The molecule has 2 aromatic carbocycles. The molecule has 2 N–H and O–H groups in total. The van der Waals surface area contributed by atoms with Crippen molar-refractivity contribution in [3.8, 4) is 11.5 Å². The Hall–Kier alpha value is -3.81. The fourth-order valence-electron chi connectivity index (χ4n) is 4.27. The van der Waals surface area contributed by atoms with Crippen molar-refractivity contribution in [2.75, 3.05) is 36.5 Å². The summed E-state index contributed by atoms with van der Waals surface area (Å²) < 4.78 is 11.8. The summed E-state index contributed by atoms with van der Waals surface area (Å²) in [6.45, 7) is 8.34. The van der Waals surface area contributed by atoms with Gasteiger partial charge < -0.3 is 24.8 Å². The van der Waals surface area contributed by atoms with E-state index in [0.717, 1.165) is 54.5 Å². The highest BCUT2D eigenvalue weighted by Gasteiger charge is 2.29. The molecule has 0 amide bonds. The maximum atomic E-state index is 11.5. The number of nitrogens with one attached hydrogen (secondary N) is 1. The zero-order chi connectivity index (χ0) is 25.5. The highest BCUT2D eigenvalue weighted by atomic mass is 16.5. The van der Waals surface area contributed by atoms with E-state index in [0.29, 0.717) is 24.9 Å². The van der Waals surface area contributed by atoms with E-state index in [2.05, 4.69) is 15.2 Å². The van der Waals surface area contributed by atoms with Crippen LogP contribution in [0.2, 0.25) is 0 Å². The van der Waals surface area contributed by atoms with Crippen LogP contribution in [0, 0.1) is 5.92 Å². The number of anilines is 3. The quantitative estimate of drug-likeness (QED) is 0.396. The van der Waals surface area contributed by atoms with Crippen molar-refractivity contribution in [1.29, 1.82) is 0 Å². The second-order valence-corrected chi connectivity index (χ2v) is 9.54. The summed E-state index contributed by atoms with van der Waals surface area (Å²) in [6.07, 6.45) is 5.63. The molecule has 2 heterocycles. The Kier molecular flexibility index (Phi) is 7.93. The second kappa shape index (κ2) is 11.3. The van der Waals surface area contributed by atoms with E-state index < -0.39 is 11.4 Å². The number of hydrogen-bond donors (Lipinski definition) is 2. The van der Waals surface area contributed by atoms with Gasteiger partial charge in [0.2, 0.25) is 0 Å². The molecule has 1 aromatic heterocycles. The molecule has 0 radical (unpaired) electrons. The third-order valence-electron chi connectivity index (χ3n) is 6.50. The zero-order valence-corrected chi connectivity index (χ0v) is 21.1. The monoisotopic (exact) mass is 490 g/mol. The van der Waals surface area contributed by atoms with Crippen molar-refractivity contribution in [1.82, 2.24) is 9.97 Å². The summed E-state index contributed by atoms with van der Waals surface area (Å²) in [5, 5.41) is 12.7. The summed E-state index contributed by atoms with van der Waals surface area (Å²) in [4.78, 5) is 22.9. The lowest BCUT2D eigenvalue weighted by molar-refractivity contribution is -0.142. The molecule has 4 rings (SSSR count). The summed E-state index contributed by atoms with van der Waals surface area (Å²) in [5.41, 5.74) is 0.618. The summed E-state index contributed by atoms with van der Waals surface area (Å²) in [6, 6.07) is 15.2. The SMILES string of the molecule is CCOc1ccccc1OC[C@@H]1CCCN(c2cncc(Nc3ccc(C(C)(C)C(=O)O)cc3)n2)C1. The Balaban J connectivity index is 1.38. The van der Waals surface area contributed by atoms with Crippen molar-refractivity contribution in [2.24, 2.45) is 5.92 Å². The molecular weight excluding hydrogens is 456 g/mol. The minimum atomic E-state index is -0.947. The molecule has 36 heavy (non-hydrogen) atoms. The van der Waals surface area contributed by atoms with Gasteiger partial charge in [-0.2, -0.15) is 0 Å². The predicted molar refractivity (Wildman–Crippen MR) is 140 cm³/mol. The van der Waals surface area contributed by atoms with Crippen molar-refractivity contribution in [3.63, 3.8) is 0 Å². The largest absolute Gasteiger partial charge is 0.490 e. The number of hydrogen-bond acceptors (Lipinski definition) is 7. The van der Waals surface area contributed by atoms with E-state index >= 15 is 0 Å². The molecule has 0 spiro atoms. The molecule has 3 aromatic rings. The number of benzene rings is 2. The van der Waals surface area contributed by atoms with Gasteiger partial charge in [-0.3, -0.25) is 9.78 Å². The molecular formula is C28H34N4O4. The van der Waals surface area contributed by atoms with Crippen molar-refractivity contribution in [2.45, 2.75) is 39.0 Å². The van der Waals surface area contributed by atoms with Crippen LogP contribution in [0.4, 0.5) is 17.3 Å². The zero-order valence-electron chi connectivity index (χ0n) is 21.1. The number of para-hydroxylation sites is 2. The lowest BCUT2D eigenvalue weighted by Crippen LogP contribution is -2.38. The van der Waals surface area contributed by atoms with Crippen molar-refractivity contribution < 1.29 is 19.4 Å². The summed E-state index contributed by atoms with van der Waals surface area (Å²) in [7, 11) is 0. The molecule has 1 saturated heterocycles. The maximum absolute atomic E-state index is 11.5. The van der Waals surface area contributed by atoms with Gasteiger partial charge in [-0.25, -0.2) is 4.98 Å². The van der Waals surface area contributed by atoms with E-state index in [1.165, 1.54) is 0 Å². The third-order valence-corrected chi connectivity index (χ3v) is 6.50. The van der Waals surface area contributed by atoms with Crippen molar-refractivity contribution in [3.05, 3.63) is 66.5 Å². The summed E-state index contributed by atoms with van der Waals surface area (Å²) >= 11 is 0. The average Bonchev–Trinajstić information content (AvgIpc) is 2.89. The van der Waals surface area contributed by atoms with Gasteiger partial charge in [0.15, 0.2) is 17.3 Å². The lowest BCUT2D eigenvalue weighted by atomic mass is 9.85. The molecule has 190 valence electrons.